The Bertz CT molecular complexity index is 277. The van der Waals surface area contributed by atoms with Gasteiger partial charge in [-0.05, 0) is 32.6 Å². The Labute approximate surface area is 89.6 Å². The lowest BCUT2D eigenvalue weighted by molar-refractivity contribution is -0.152. The maximum Gasteiger partial charge on any atom is 0.318 e. The molecule has 0 radical (unpaired) electrons. The molecule has 0 aromatic carbocycles. The highest BCUT2D eigenvalue weighted by Gasteiger charge is 2.44. The van der Waals surface area contributed by atoms with Gasteiger partial charge in [-0.1, -0.05) is 0 Å². The van der Waals surface area contributed by atoms with Gasteiger partial charge in [-0.2, -0.15) is 0 Å². The molecule has 0 aromatic heterocycles. The van der Waals surface area contributed by atoms with Gasteiger partial charge in [0.2, 0.25) is 5.91 Å². The summed E-state index contributed by atoms with van der Waals surface area (Å²) in [4.78, 5) is 25.3. The molecule has 2 aliphatic heterocycles. The predicted octanol–water partition coefficient (Wildman–Crippen LogP) is 0.951. The van der Waals surface area contributed by atoms with E-state index in [-0.39, 0.29) is 11.9 Å². The summed E-state index contributed by atoms with van der Waals surface area (Å²) >= 11 is 0. The molecule has 2 heterocycles. The highest BCUT2D eigenvalue weighted by Crippen LogP contribution is 2.32. The monoisotopic (exact) mass is 211 g/mol. The van der Waals surface area contributed by atoms with E-state index in [1.165, 1.54) is 6.42 Å². The molecule has 4 heteroatoms. The molecule has 0 N–H and O–H groups in total. The number of ether oxygens (including phenoxy) is 1. The smallest absolute Gasteiger partial charge is 0.318 e. The van der Waals surface area contributed by atoms with Crippen LogP contribution in [0.4, 0.5) is 0 Å². The van der Waals surface area contributed by atoms with Crippen LogP contribution >= 0.6 is 0 Å². The normalized spacial score (nSPS) is 30.2. The number of carbonyl (C=O) groups excluding carboxylic acids is 2. The lowest BCUT2D eigenvalue weighted by Gasteiger charge is -2.29. The van der Waals surface area contributed by atoms with Gasteiger partial charge < -0.3 is 9.64 Å². The van der Waals surface area contributed by atoms with Crippen LogP contribution in [-0.4, -0.2) is 36.0 Å². The Morgan fingerprint density at radius 2 is 2.33 bits per heavy atom. The molecule has 2 saturated heterocycles. The third kappa shape index (κ3) is 1.85. The third-order valence-corrected chi connectivity index (χ3v) is 3.29. The standard InChI is InChI=1S/C11H17NO3/c1-2-15-11(14)9-7-8-5-3-4-6-12(8)10(9)13/h8-9H,2-7H2,1H3. The second kappa shape index (κ2) is 4.21. The average molecular weight is 211 g/mol. The van der Waals surface area contributed by atoms with Gasteiger partial charge in [0.05, 0.1) is 6.61 Å². The Morgan fingerprint density at radius 3 is 3.00 bits per heavy atom. The fourth-order valence-corrected chi connectivity index (χ4v) is 2.55. The van der Waals surface area contributed by atoms with E-state index in [9.17, 15) is 9.59 Å². The minimum absolute atomic E-state index is 0.0156. The summed E-state index contributed by atoms with van der Waals surface area (Å²) in [6, 6.07) is 0.292. The van der Waals surface area contributed by atoms with Crippen molar-refractivity contribution in [2.75, 3.05) is 13.2 Å². The highest BCUT2D eigenvalue weighted by molar-refractivity contribution is 5.99. The molecule has 15 heavy (non-hydrogen) atoms. The minimum Gasteiger partial charge on any atom is -0.465 e. The highest BCUT2D eigenvalue weighted by atomic mass is 16.5. The first kappa shape index (κ1) is 10.5. The molecule has 2 rings (SSSR count). The van der Waals surface area contributed by atoms with Crippen molar-refractivity contribution in [2.45, 2.75) is 38.6 Å². The molecule has 0 saturated carbocycles. The molecular weight excluding hydrogens is 194 g/mol. The van der Waals surface area contributed by atoms with Gasteiger partial charge in [0, 0.05) is 12.6 Å². The summed E-state index contributed by atoms with van der Waals surface area (Å²) in [6.07, 6.45) is 3.95. The molecule has 84 valence electrons. The maximum atomic E-state index is 11.9. The van der Waals surface area contributed by atoms with E-state index in [1.54, 1.807) is 6.92 Å². The van der Waals surface area contributed by atoms with E-state index in [4.69, 9.17) is 4.74 Å². The minimum atomic E-state index is -0.520. The molecule has 0 spiro atoms. The summed E-state index contributed by atoms with van der Waals surface area (Å²) < 4.78 is 4.92. The zero-order valence-electron chi connectivity index (χ0n) is 9.07. The van der Waals surface area contributed by atoms with E-state index in [0.717, 1.165) is 19.4 Å². The maximum absolute atomic E-state index is 11.9. The van der Waals surface area contributed by atoms with Crippen molar-refractivity contribution in [2.24, 2.45) is 5.92 Å². The van der Waals surface area contributed by atoms with Crippen LogP contribution in [0.3, 0.4) is 0 Å². The van der Waals surface area contributed by atoms with Crippen LogP contribution in [0.15, 0.2) is 0 Å². The Balaban J connectivity index is 2.04. The topological polar surface area (TPSA) is 46.6 Å². The van der Waals surface area contributed by atoms with Crippen molar-refractivity contribution in [3.05, 3.63) is 0 Å². The Kier molecular flexibility index (Phi) is 2.93. The van der Waals surface area contributed by atoms with Crippen LogP contribution in [0.1, 0.15) is 32.6 Å². The van der Waals surface area contributed by atoms with E-state index in [2.05, 4.69) is 0 Å². The number of rotatable bonds is 2. The lowest BCUT2D eigenvalue weighted by atomic mass is 10.00. The largest absolute Gasteiger partial charge is 0.465 e. The summed E-state index contributed by atoms with van der Waals surface area (Å²) in [5.41, 5.74) is 0. The molecule has 0 bridgehead atoms. The van der Waals surface area contributed by atoms with Crippen LogP contribution in [0.5, 0.6) is 0 Å². The van der Waals surface area contributed by atoms with Crippen molar-refractivity contribution in [3.8, 4) is 0 Å². The van der Waals surface area contributed by atoms with Crippen LogP contribution in [0.2, 0.25) is 0 Å². The zero-order valence-corrected chi connectivity index (χ0v) is 9.07. The van der Waals surface area contributed by atoms with E-state index in [1.807, 2.05) is 4.90 Å². The lowest BCUT2D eigenvalue weighted by Crippen LogP contribution is -2.38. The second-order valence-electron chi connectivity index (χ2n) is 4.22. The molecule has 2 atom stereocenters. The van der Waals surface area contributed by atoms with Gasteiger partial charge in [-0.15, -0.1) is 0 Å². The SMILES string of the molecule is CCOC(=O)C1CC2CCCCN2C1=O. The number of nitrogens with zero attached hydrogens (tertiary/aromatic N) is 1. The average Bonchev–Trinajstić information content (AvgIpc) is 2.57. The van der Waals surface area contributed by atoms with E-state index in [0.29, 0.717) is 19.1 Å². The summed E-state index contributed by atoms with van der Waals surface area (Å²) in [6.45, 7) is 2.94. The summed E-state index contributed by atoms with van der Waals surface area (Å²) in [5, 5.41) is 0. The van der Waals surface area contributed by atoms with Crippen molar-refractivity contribution >= 4 is 11.9 Å². The van der Waals surface area contributed by atoms with Gasteiger partial charge in [0.25, 0.3) is 0 Å². The van der Waals surface area contributed by atoms with Crippen molar-refractivity contribution in [1.29, 1.82) is 0 Å². The fourth-order valence-electron chi connectivity index (χ4n) is 2.55. The number of carbonyl (C=O) groups is 2. The van der Waals surface area contributed by atoms with Crippen LogP contribution in [0, 0.1) is 5.92 Å². The number of hydrogen-bond acceptors (Lipinski definition) is 3. The Hall–Kier alpha value is -1.06. The zero-order chi connectivity index (χ0) is 10.8. The first-order chi connectivity index (χ1) is 7.24. The molecule has 1 amide bonds. The molecule has 2 fully saturated rings. The molecule has 2 aliphatic rings. The third-order valence-electron chi connectivity index (χ3n) is 3.29. The van der Waals surface area contributed by atoms with Gasteiger partial charge in [0.1, 0.15) is 5.92 Å². The van der Waals surface area contributed by atoms with Gasteiger partial charge in [0.15, 0.2) is 0 Å². The predicted molar refractivity (Wildman–Crippen MR) is 54.1 cm³/mol. The van der Waals surface area contributed by atoms with Gasteiger partial charge in [-0.25, -0.2) is 0 Å². The number of hydrogen-bond donors (Lipinski definition) is 0. The van der Waals surface area contributed by atoms with E-state index >= 15 is 0 Å². The molecule has 0 aliphatic carbocycles. The molecule has 2 unspecified atom stereocenters. The van der Waals surface area contributed by atoms with E-state index < -0.39 is 5.92 Å². The van der Waals surface area contributed by atoms with Gasteiger partial charge in [-0.3, -0.25) is 9.59 Å². The van der Waals surface area contributed by atoms with Crippen LogP contribution in [0.25, 0.3) is 0 Å². The number of fused-ring (bicyclic) bond motifs is 1. The molecular formula is C11H17NO3. The summed E-state index contributed by atoms with van der Waals surface area (Å²) in [7, 11) is 0. The molecule has 0 aromatic rings. The summed E-state index contributed by atoms with van der Waals surface area (Å²) in [5.74, 6) is -0.872. The van der Waals surface area contributed by atoms with Crippen molar-refractivity contribution in [1.82, 2.24) is 4.90 Å². The first-order valence-corrected chi connectivity index (χ1v) is 5.71. The number of piperidine rings is 1. The van der Waals surface area contributed by atoms with Crippen molar-refractivity contribution < 1.29 is 14.3 Å². The number of amides is 1. The quantitative estimate of drug-likeness (QED) is 0.504. The van der Waals surface area contributed by atoms with Gasteiger partial charge >= 0.3 is 5.97 Å². The number of esters is 1. The fraction of sp³-hybridized carbons (Fsp3) is 0.818. The van der Waals surface area contributed by atoms with Crippen LogP contribution < -0.4 is 0 Å². The van der Waals surface area contributed by atoms with Crippen molar-refractivity contribution in [3.63, 3.8) is 0 Å². The molecule has 4 nitrogen and oxygen atoms in total. The second-order valence-corrected chi connectivity index (χ2v) is 4.22. The Morgan fingerprint density at radius 1 is 1.53 bits per heavy atom. The first-order valence-electron chi connectivity index (χ1n) is 5.71. The van der Waals surface area contributed by atoms with Crippen LogP contribution in [-0.2, 0) is 14.3 Å².